The van der Waals surface area contributed by atoms with E-state index in [1.807, 2.05) is 24.5 Å². The van der Waals surface area contributed by atoms with Gasteiger partial charge in [0, 0.05) is 13.0 Å². The third-order valence-corrected chi connectivity index (χ3v) is 2.78. The van der Waals surface area contributed by atoms with Gasteiger partial charge in [0.2, 0.25) is 12.1 Å². The summed E-state index contributed by atoms with van der Waals surface area (Å²) in [6, 6.07) is 3.82. The lowest BCUT2D eigenvalue weighted by atomic mass is 10.3. The molecule has 17 heavy (non-hydrogen) atoms. The average molecular weight is 299 g/mol. The molecular formula is C10H14Cl3N3O+2. The molecule has 0 aliphatic heterocycles. The van der Waals surface area contributed by atoms with Gasteiger partial charge in [-0.2, -0.15) is 0 Å². The summed E-state index contributed by atoms with van der Waals surface area (Å²) in [5.41, 5.74) is 1.04. The molecule has 0 aromatic carbocycles. The standard InChI is InChI=1S/C10H12Cl3N3O/c1-7(17)16-9(10(11,12)13)15-6-8-3-2-4-14-5-8/h2-5,9,15H,6H2,1H3,(H,16,17)/p+2. The molecule has 4 N–H and O–H groups in total. The SMILES string of the molecule is CC(=O)NC([NH2+]Cc1ccc[nH+]c1)C(Cl)(Cl)Cl. The maximum atomic E-state index is 11.0. The molecule has 1 rings (SSSR count). The first-order valence-electron chi connectivity index (χ1n) is 5.01. The second-order valence-corrected chi connectivity index (χ2v) is 5.94. The van der Waals surface area contributed by atoms with Crippen LogP contribution in [0.3, 0.4) is 0 Å². The maximum absolute atomic E-state index is 11.0. The predicted molar refractivity (Wildman–Crippen MR) is 66.5 cm³/mol. The van der Waals surface area contributed by atoms with Crippen molar-refractivity contribution >= 4 is 40.7 Å². The molecule has 94 valence electrons. The zero-order chi connectivity index (χ0) is 12.9. The lowest BCUT2D eigenvalue weighted by Crippen LogP contribution is -2.95. The highest BCUT2D eigenvalue weighted by Crippen LogP contribution is 2.27. The van der Waals surface area contributed by atoms with Crippen molar-refractivity contribution in [3.05, 3.63) is 30.1 Å². The third kappa shape index (κ3) is 5.55. The number of alkyl halides is 3. The van der Waals surface area contributed by atoms with Crippen molar-refractivity contribution in [2.24, 2.45) is 0 Å². The minimum absolute atomic E-state index is 0.239. The highest BCUT2D eigenvalue weighted by Gasteiger charge is 2.36. The Morgan fingerprint density at radius 3 is 2.76 bits per heavy atom. The second-order valence-electron chi connectivity index (χ2n) is 3.57. The van der Waals surface area contributed by atoms with Crippen LogP contribution in [0, 0.1) is 0 Å². The molecule has 0 radical (unpaired) electrons. The fourth-order valence-corrected chi connectivity index (χ4v) is 1.74. The van der Waals surface area contributed by atoms with Gasteiger partial charge < -0.3 is 10.6 Å². The van der Waals surface area contributed by atoms with Crippen molar-refractivity contribution in [3.8, 4) is 0 Å². The predicted octanol–water partition coefficient (Wildman–Crippen LogP) is 0.397. The lowest BCUT2D eigenvalue weighted by Gasteiger charge is -2.22. The maximum Gasteiger partial charge on any atom is 0.262 e. The zero-order valence-corrected chi connectivity index (χ0v) is 11.5. The van der Waals surface area contributed by atoms with E-state index in [0.717, 1.165) is 5.56 Å². The molecule has 1 heterocycles. The summed E-state index contributed by atoms with van der Waals surface area (Å²) in [4.78, 5) is 14.0. The molecule has 1 atom stereocenters. The number of carbonyl (C=O) groups is 1. The normalized spacial score (nSPS) is 13.2. The van der Waals surface area contributed by atoms with E-state index in [1.54, 1.807) is 5.32 Å². The lowest BCUT2D eigenvalue weighted by molar-refractivity contribution is -0.707. The van der Waals surface area contributed by atoms with Crippen LogP contribution in [0.5, 0.6) is 0 Å². The van der Waals surface area contributed by atoms with E-state index in [4.69, 9.17) is 34.8 Å². The minimum Gasteiger partial charge on any atom is -0.319 e. The minimum atomic E-state index is -1.55. The smallest absolute Gasteiger partial charge is 0.262 e. The first-order valence-corrected chi connectivity index (χ1v) is 6.15. The molecule has 0 bridgehead atoms. The monoisotopic (exact) mass is 297 g/mol. The van der Waals surface area contributed by atoms with E-state index in [1.165, 1.54) is 6.92 Å². The molecule has 1 unspecified atom stereocenters. The molecule has 0 fully saturated rings. The Hall–Kier alpha value is -0.550. The number of aromatic nitrogens is 1. The summed E-state index contributed by atoms with van der Waals surface area (Å²) < 4.78 is -1.55. The molecule has 1 aromatic rings. The Balaban J connectivity index is 2.59. The Labute approximate surface area is 115 Å². The summed E-state index contributed by atoms with van der Waals surface area (Å²) in [5.74, 6) is -0.239. The third-order valence-electron chi connectivity index (χ3n) is 2.07. The zero-order valence-electron chi connectivity index (χ0n) is 9.21. The number of rotatable bonds is 4. The second kappa shape index (κ2) is 6.40. The van der Waals surface area contributed by atoms with E-state index in [0.29, 0.717) is 6.54 Å². The molecule has 7 heteroatoms. The van der Waals surface area contributed by atoms with Gasteiger partial charge in [-0.25, -0.2) is 4.98 Å². The Morgan fingerprint density at radius 2 is 2.29 bits per heavy atom. The first kappa shape index (κ1) is 14.5. The number of hydrogen-bond acceptors (Lipinski definition) is 1. The number of amides is 1. The van der Waals surface area contributed by atoms with Gasteiger partial charge in [-0.3, -0.25) is 4.79 Å². The Bertz CT molecular complexity index is 367. The Morgan fingerprint density at radius 1 is 1.59 bits per heavy atom. The van der Waals surface area contributed by atoms with E-state index >= 15 is 0 Å². The van der Waals surface area contributed by atoms with Crippen LogP contribution in [0.4, 0.5) is 0 Å². The fraction of sp³-hybridized carbons (Fsp3) is 0.400. The van der Waals surface area contributed by atoms with Crippen molar-refractivity contribution in [2.75, 3.05) is 0 Å². The molecule has 0 spiro atoms. The van der Waals surface area contributed by atoms with Crippen LogP contribution in [0.2, 0.25) is 0 Å². The van der Waals surface area contributed by atoms with Crippen LogP contribution >= 0.6 is 34.8 Å². The number of carbonyl (C=O) groups excluding carboxylic acids is 1. The van der Waals surface area contributed by atoms with E-state index in [9.17, 15) is 4.79 Å². The quantitative estimate of drug-likeness (QED) is 0.613. The summed E-state index contributed by atoms with van der Waals surface area (Å²) in [6.45, 7) is 1.98. The van der Waals surface area contributed by atoms with Gasteiger partial charge in [0.05, 0.1) is 5.56 Å². The number of pyridine rings is 1. The van der Waals surface area contributed by atoms with Crippen molar-refractivity contribution in [3.63, 3.8) is 0 Å². The van der Waals surface area contributed by atoms with Crippen molar-refractivity contribution in [1.82, 2.24) is 5.32 Å². The summed E-state index contributed by atoms with van der Waals surface area (Å²) >= 11 is 17.4. The molecular weight excluding hydrogens is 284 g/mol. The van der Waals surface area contributed by atoms with E-state index in [2.05, 4.69) is 10.3 Å². The molecule has 1 amide bonds. The van der Waals surface area contributed by atoms with Gasteiger partial charge in [0.25, 0.3) is 3.79 Å². The molecule has 4 nitrogen and oxygen atoms in total. The fourth-order valence-electron chi connectivity index (χ4n) is 1.30. The van der Waals surface area contributed by atoms with Crippen LogP contribution in [0.15, 0.2) is 24.5 Å². The van der Waals surface area contributed by atoms with Crippen molar-refractivity contribution in [1.29, 1.82) is 0 Å². The molecule has 0 aliphatic rings. The largest absolute Gasteiger partial charge is 0.319 e. The molecule has 1 aromatic heterocycles. The van der Waals surface area contributed by atoms with Gasteiger partial charge in [-0.1, -0.05) is 34.8 Å². The van der Waals surface area contributed by atoms with Crippen LogP contribution in [0.1, 0.15) is 12.5 Å². The number of H-pyrrole nitrogens is 1. The number of nitrogens with two attached hydrogens (primary N) is 1. The Kier molecular flexibility index (Phi) is 5.46. The van der Waals surface area contributed by atoms with E-state index in [-0.39, 0.29) is 5.91 Å². The van der Waals surface area contributed by atoms with Crippen molar-refractivity contribution < 1.29 is 15.1 Å². The van der Waals surface area contributed by atoms with Gasteiger partial charge in [0.1, 0.15) is 6.54 Å². The average Bonchev–Trinajstić information content (AvgIpc) is 2.23. The number of aromatic amines is 1. The summed E-state index contributed by atoms with van der Waals surface area (Å²) in [6.07, 6.45) is 3.04. The van der Waals surface area contributed by atoms with Gasteiger partial charge in [-0.15, -0.1) is 0 Å². The molecule has 0 saturated heterocycles. The van der Waals surface area contributed by atoms with Gasteiger partial charge >= 0.3 is 0 Å². The molecule has 0 saturated carbocycles. The topological polar surface area (TPSA) is 59.9 Å². The number of quaternary nitrogens is 1. The van der Waals surface area contributed by atoms with Crippen LogP contribution in [-0.2, 0) is 11.3 Å². The first-order chi connectivity index (χ1) is 7.89. The summed E-state index contributed by atoms with van der Waals surface area (Å²) in [5, 5.41) is 4.35. The van der Waals surface area contributed by atoms with Gasteiger partial charge in [0.15, 0.2) is 12.4 Å². The van der Waals surface area contributed by atoms with E-state index < -0.39 is 9.96 Å². The highest BCUT2D eigenvalue weighted by atomic mass is 35.6. The van der Waals surface area contributed by atoms with Crippen LogP contribution in [-0.4, -0.2) is 15.9 Å². The summed E-state index contributed by atoms with van der Waals surface area (Å²) in [7, 11) is 0. The highest BCUT2D eigenvalue weighted by molar-refractivity contribution is 6.68. The van der Waals surface area contributed by atoms with Crippen molar-refractivity contribution in [2.45, 2.75) is 23.4 Å². The van der Waals surface area contributed by atoms with Crippen LogP contribution < -0.4 is 15.6 Å². The van der Waals surface area contributed by atoms with Gasteiger partial charge in [-0.05, 0) is 6.07 Å². The number of halogens is 3. The van der Waals surface area contributed by atoms with Crippen LogP contribution in [0.25, 0.3) is 0 Å². The number of hydrogen-bond donors (Lipinski definition) is 2. The number of nitrogens with one attached hydrogen (secondary N) is 2. The molecule has 0 aliphatic carbocycles.